The quantitative estimate of drug-likeness (QED) is 0.913. The molecule has 1 heterocycles. The zero-order chi connectivity index (χ0) is 14.0. The molecule has 108 valence electrons. The highest BCUT2D eigenvalue weighted by molar-refractivity contribution is 9.10. The van der Waals surface area contributed by atoms with Crippen LogP contribution in [-0.2, 0) is 13.0 Å². The van der Waals surface area contributed by atoms with Crippen molar-refractivity contribution in [3.05, 3.63) is 15.9 Å². The van der Waals surface area contributed by atoms with E-state index in [2.05, 4.69) is 39.6 Å². The second kappa shape index (κ2) is 5.96. The smallest absolute Gasteiger partial charge is 0.0738 e. The van der Waals surface area contributed by atoms with Crippen molar-refractivity contribution in [3.63, 3.8) is 0 Å². The van der Waals surface area contributed by atoms with E-state index in [9.17, 15) is 0 Å². The Bertz CT molecular complexity index is 433. The maximum Gasteiger partial charge on any atom is 0.0738 e. The van der Waals surface area contributed by atoms with Crippen LogP contribution in [0.3, 0.4) is 0 Å². The molecule has 0 spiro atoms. The van der Waals surface area contributed by atoms with Gasteiger partial charge in [0.15, 0.2) is 0 Å². The third kappa shape index (κ3) is 3.05. The van der Waals surface area contributed by atoms with Gasteiger partial charge < -0.3 is 5.73 Å². The lowest BCUT2D eigenvalue weighted by Gasteiger charge is -2.39. The number of halogens is 1. The average molecular weight is 328 g/mol. The van der Waals surface area contributed by atoms with Crippen molar-refractivity contribution in [2.24, 2.45) is 11.1 Å². The van der Waals surface area contributed by atoms with Crippen LogP contribution < -0.4 is 5.73 Å². The Labute approximate surface area is 125 Å². The van der Waals surface area contributed by atoms with E-state index in [0.29, 0.717) is 5.41 Å². The zero-order valence-electron chi connectivity index (χ0n) is 12.4. The normalized spacial score (nSPS) is 20.5. The monoisotopic (exact) mass is 327 g/mol. The molecule has 0 aliphatic heterocycles. The Kier molecular flexibility index (Phi) is 4.72. The van der Waals surface area contributed by atoms with Crippen LogP contribution in [0, 0.1) is 12.3 Å². The van der Waals surface area contributed by atoms with Gasteiger partial charge in [0.25, 0.3) is 0 Å². The third-order valence-corrected chi connectivity index (χ3v) is 5.79. The van der Waals surface area contributed by atoms with Gasteiger partial charge in [-0.3, -0.25) is 4.68 Å². The van der Waals surface area contributed by atoms with Gasteiger partial charge in [-0.1, -0.05) is 26.2 Å². The molecule has 4 heteroatoms. The molecule has 1 aliphatic rings. The predicted octanol–water partition coefficient (Wildman–Crippen LogP) is 3.81. The molecule has 2 rings (SSSR count). The SMILES string of the molecule is CCn1nc(C)c(Br)c1CC(N)C1(C)CCCCC1. The molecular formula is C15H26BrN3. The van der Waals surface area contributed by atoms with Gasteiger partial charge in [0.05, 0.1) is 15.9 Å². The molecule has 1 fully saturated rings. The first-order valence-electron chi connectivity index (χ1n) is 7.45. The number of nitrogens with two attached hydrogens (primary N) is 1. The topological polar surface area (TPSA) is 43.8 Å². The number of hydrogen-bond acceptors (Lipinski definition) is 2. The number of aryl methyl sites for hydroxylation is 2. The molecule has 0 amide bonds. The summed E-state index contributed by atoms with van der Waals surface area (Å²) in [6.45, 7) is 7.46. The maximum atomic E-state index is 6.55. The Hall–Kier alpha value is -0.350. The largest absolute Gasteiger partial charge is 0.327 e. The molecule has 1 aromatic heterocycles. The fourth-order valence-corrected chi connectivity index (χ4v) is 3.69. The third-order valence-electron chi connectivity index (χ3n) is 4.76. The van der Waals surface area contributed by atoms with Crippen molar-refractivity contribution in [2.45, 2.75) is 71.9 Å². The molecule has 1 unspecified atom stereocenters. The number of nitrogens with zero attached hydrogens (tertiary/aromatic N) is 2. The molecule has 0 bridgehead atoms. The van der Waals surface area contributed by atoms with Crippen LogP contribution in [-0.4, -0.2) is 15.8 Å². The molecule has 0 saturated heterocycles. The van der Waals surface area contributed by atoms with Gasteiger partial charge in [-0.15, -0.1) is 0 Å². The Balaban J connectivity index is 2.16. The second-order valence-electron chi connectivity index (χ2n) is 6.19. The Morgan fingerprint density at radius 2 is 2.00 bits per heavy atom. The molecule has 1 aliphatic carbocycles. The van der Waals surface area contributed by atoms with Gasteiger partial charge in [-0.2, -0.15) is 5.10 Å². The molecule has 3 nitrogen and oxygen atoms in total. The highest BCUT2D eigenvalue weighted by Gasteiger charge is 2.34. The first kappa shape index (κ1) is 15.0. The number of aromatic nitrogens is 2. The van der Waals surface area contributed by atoms with Crippen molar-refractivity contribution in [3.8, 4) is 0 Å². The Morgan fingerprint density at radius 1 is 1.37 bits per heavy atom. The summed E-state index contributed by atoms with van der Waals surface area (Å²) in [5, 5.41) is 4.56. The van der Waals surface area contributed by atoms with Crippen LogP contribution >= 0.6 is 15.9 Å². The minimum absolute atomic E-state index is 0.227. The standard InChI is InChI=1S/C15H26BrN3/c1-4-19-12(14(16)11(2)18-19)10-13(17)15(3)8-6-5-7-9-15/h13H,4-10,17H2,1-3H3. The summed E-state index contributed by atoms with van der Waals surface area (Å²) >= 11 is 3.67. The van der Waals surface area contributed by atoms with E-state index in [1.54, 1.807) is 0 Å². The molecule has 19 heavy (non-hydrogen) atoms. The lowest BCUT2D eigenvalue weighted by atomic mass is 9.69. The van der Waals surface area contributed by atoms with Gasteiger partial charge in [0.1, 0.15) is 0 Å². The lowest BCUT2D eigenvalue weighted by molar-refractivity contribution is 0.167. The van der Waals surface area contributed by atoms with E-state index in [1.165, 1.54) is 37.8 Å². The van der Waals surface area contributed by atoms with Gasteiger partial charge in [0.2, 0.25) is 0 Å². The fourth-order valence-electron chi connectivity index (χ4n) is 3.25. The van der Waals surface area contributed by atoms with Crippen molar-refractivity contribution in [1.82, 2.24) is 9.78 Å². The minimum atomic E-state index is 0.227. The molecule has 2 N–H and O–H groups in total. The van der Waals surface area contributed by atoms with E-state index in [4.69, 9.17) is 5.73 Å². The van der Waals surface area contributed by atoms with Gasteiger partial charge in [0, 0.05) is 19.0 Å². The molecule has 1 aromatic rings. The fraction of sp³-hybridized carbons (Fsp3) is 0.800. The first-order chi connectivity index (χ1) is 8.98. The minimum Gasteiger partial charge on any atom is -0.327 e. The van der Waals surface area contributed by atoms with Gasteiger partial charge >= 0.3 is 0 Å². The van der Waals surface area contributed by atoms with Gasteiger partial charge in [-0.05, 0) is 48.0 Å². The van der Waals surface area contributed by atoms with E-state index in [-0.39, 0.29) is 6.04 Å². The summed E-state index contributed by atoms with van der Waals surface area (Å²) in [5.41, 5.74) is 9.19. The summed E-state index contributed by atoms with van der Waals surface area (Å²) in [6, 6.07) is 0.227. The summed E-state index contributed by atoms with van der Waals surface area (Å²) in [7, 11) is 0. The molecular weight excluding hydrogens is 302 g/mol. The number of hydrogen-bond donors (Lipinski definition) is 1. The lowest BCUT2D eigenvalue weighted by Crippen LogP contribution is -2.43. The van der Waals surface area contributed by atoms with Crippen LogP contribution in [0.4, 0.5) is 0 Å². The summed E-state index contributed by atoms with van der Waals surface area (Å²) < 4.78 is 3.23. The van der Waals surface area contributed by atoms with Crippen LogP contribution in [0.1, 0.15) is 57.3 Å². The second-order valence-corrected chi connectivity index (χ2v) is 6.98. The molecule has 0 aromatic carbocycles. The number of rotatable bonds is 4. The van der Waals surface area contributed by atoms with Crippen molar-refractivity contribution >= 4 is 15.9 Å². The highest BCUT2D eigenvalue weighted by atomic mass is 79.9. The van der Waals surface area contributed by atoms with E-state index in [1.807, 2.05) is 6.92 Å². The van der Waals surface area contributed by atoms with Crippen molar-refractivity contribution < 1.29 is 0 Å². The zero-order valence-corrected chi connectivity index (χ0v) is 14.0. The average Bonchev–Trinajstić information content (AvgIpc) is 2.67. The van der Waals surface area contributed by atoms with Crippen molar-refractivity contribution in [1.29, 1.82) is 0 Å². The van der Waals surface area contributed by atoms with E-state index < -0.39 is 0 Å². The first-order valence-corrected chi connectivity index (χ1v) is 8.24. The summed E-state index contributed by atoms with van der Waals surface area (Å²) in [6.07, 6.45) is 7.49. The van der Waals surface area contributed by atoms with Crippen LogP contribution in [0.25, 0.3) is 0 Å². The molecule has 1 saturated carbocycles. The van der Waals surface area contributed by atoms with E-state index >= 15 is 0 Å². The van der Waals surface area contributed by atoms with Crippen LogP contribution in [0.15, 0.2) is 4.47 Å². The maximum absolute atomic E-state index is 6.55. The molecule has 0 radical (unpaired) electrons. The van der Waals surface area contributed by atoms with Crippen LogP contribution in [0.5, 0.6) is 0 Å². The Morgan fingerprint density at radius 3 is 2.58 bits per heavy atom. The summed E-state index contributed by atoms with van der Waals surface area (Å²) in [4.78, 5) is 0. The van der Waals surface area contributed by atoms with Gasteiger partial charge in [-0.25, -0.2) is 0 Å². The van der Waals surface area contributed by atoms with Crippen molar-refractivity contribution in [2.75, 3.05) is 0 Å². The molecule has 1 atom stereocenters. The highest BCUT2D eigenvalue weighted by Crippen LogP contribution is 2.39. The van der Waals surface area contributed by atoms with E-state index in [0.717, 1.165) is 23.1 Å². The van der Waals surface area contributed by atoms with Crippen LogP contribution in [0.2, 0.25) is 0 Å². The summed E-state index contributed by atoms with van der Waals surface area (Å²) in [5.74, 6) is 0. The predicted molar refractivity (Wildman–Crippen MR) is 83.2 cm³/mol.